The van der Waals surface area contributed by atoms with Crippen molar-refractivity contribution in [3.05, 3.63) is 42.5 Å². The van der Waals surface area contributed by atoms with E-state index < -0.39 is 66.5 Å². The summed E-state index contributed by atoms with van der Waals surface area (Å²) in [6.45, 7) is -1.09. The molecule has 1 aliphatic heterocycles. The lowest BCUT2D eigenvalue weighted by atomic mass is 10.0. The number of carbonyl (C=O) groups excluding carboxylic acids is 1. The van der Waals surface area contributed by atoms with Gasteiger partial charge in [-0.3, -0.25) is 22.8 Å². The Bertz CT molecular complexity index is 1690. The molecule has 254 valence electrons. The van der Waals surface area contributed by atoms with Crippen molar-refractivity contribution in [3.8, 4) is 5.75 Å². The number of nitrogens with zero attached hydrogens (tertiary/aromatic N) is 5. The average molecular weight is 707 g/mol. The first-order valence-electron chi connectivity index (χ1n) is 13.0. The molecule has 4 N–H and O–H groups in total. The van der Waals surface area contributed by atoms with Gasteiger partial charge < -0.3 is 59.2 Å². The number of aliphatic hydroxyl groups excluding tert-OH is 1. The summed E-state index contributed by atoms with van der Waals surface area (Å²) in [7, 11) is -13.5. The van der Waals surface area contributed by atoms with Crippen molar-refractivity contribution in [1.29, 1.82) is 0 Å². The van der Waals surface area contributed by atoms with E-state index in [1.807, 2.05) is 0 Å². The zero-order chi connectivity index (χ0) is 34.0. The number of nitrogens with two attached hydrogens (primary N) is 1. The highest BCUT2D eigenvalue weighted by atomic mass is 31.3. The number of phosphoric acid groups is 3. The lowest BCUT2D eigenvalue weighted by molar-refractivity contribution is -0.339. The number of carbonyl (C=O) groups is 1. The van der Waals surface area contributed by atoms with Crippen molar-refractivity contribution in [3.63, 3.8) is 0 Å². The van der Waals surface area contributed by atoms with Crippen molar-refractivity contribution in [1.82, 2.24) is 24.8 Å². The third-order valence-corrected chi connectivity index (χ3v) is 10.1. The van der Waals surface area contributed by atoms with Crippen LogP contribution in [0.4, 0.5) is 5.82 Å². The molecule has 7 atom stereocenters. The molecule has 3 heterocycles. The molecule has 21 nitrogen and oxygen atoms in total. The van der Waals surface area contributed by atoms with Crippen LogP contribution in [0.3, 0.4) is 0 Å². The quantitative estimate of drug-likeness (QED) is 0.141. The van der Waals surface area contributed by atoms with E-state index in [1.54, 1.807) is 43.3 Å². The largest absolute Gasteiger partial charge is 0.790 e. The first-order chi connectivity index (χ1) is 21.4. The molecule has 1 aromatic carbocycles. The maximum atomic E-state index is 13.1. The number of ether oxygens (including phenoxy) is 2. The van der Waals surface area contributed by atoms with Crippen LogP contribution in [0.15, 0.2) is 36.9 Å². The fourth-order valence-corrected chi connectivity index (χ4v) is 7.34. The molecule has 2 aromatic heterocycles. The molecule has 0 aliphatic carbocycles. The minimum absolute atomic E-state index is 0.0478. The van der Waals surface area contributed by atoms with Gasteiger partial charge in [0.05, 0.1) is 40.0 Å². The molecule has 0 spiro atoms. The van der Waals surface area contributed by atoms with Crippen LogP contribution < -0.4 is 40.3 Å². The molecule has 0 bridgehead atoms. The number of nitrogens with one attached hydrogen (secondary N) is 1. The summed E-state index contributed by atoms with van der Waals surface area (Å²) in [5.74, 6) is 0.203. The summed E-state index contributed by atoms with van der Waals surface area (Å²) < 4.78 is 58.0. The Kier molecular flexibility index (Phi) is 11.0. The number of methoxy groups -OCH3 is 1. The summed E-state index contributed by atoms with van der Waals surface area (Å²) in [5, 5.41) is 13.8. The zero-order valence-electron chi connectivity index (χ0n) is 24.2. The SMILES string of the molecule is COc1ccc(CC(N)C(=O)NC2C(COP(=O)([O-])OP(=O)([O-])OP(=O)([O-])[O-])OC(n3cnc4c(N(C)C)ncnc43)C2O)cc1. The van der Waals surface area contributed by atoms with E-state index in [0.29, 0.717) is 22.6 Å². The van der Waals surface area contributed by atoms with Gasteiger partial charge in [0, 0.05) is 14.1 Å². The van der Waals surface area contributed by atoms with Gasteiger partial charge in [-0.15, -0.1) is 0 Å². The number of rotatable bonds is 14. The molecule has 0 saturated carbocycles. The molecule has 1 fully saturated rings. The molecule has 4 rings (SSSR count). The summed E-state index contributed by atoms with van der Waals surface area (Å²) in [6.07, 6.45) is -2.01. The number of imidazole rings is 1. The number of benzene rings is 1. The first kappa shape index (κ1) is 36.0. The smallest absolute Gasteiger partial charge is 0.278 e. The number of hydrogen-bond donors (Lipinski definition) is 3. The van der Waals surface area contributed by atoms with Crippen LogP contribution in [-0.2, 0) is 42.8 Å². The van der Waals surface area contributed by atoms with Gasteiger partial charge in [0.25, 0.3) is 15.6 Å². The zero-order valence-corrected chi connectivity index (χ0v) is 26.9. The number of aromatic nitrogens is 4. The minimum atomic E-state index is -6.24. The van der Waals surface area contributed by atoms with Crippen LogP contribution in [0.2, 0.25) is 0 Å². The molecule has 24 heteroatoms. The topological polar surface area (TPSA) is 312 Å². The van der Waals surface area contributed by atoms with Gasteiger partial charge >= 0.3 is 0 Å². The Labute approximate surface area is 260 Å². The maximum absolute atomic E-state index is 13.1. The average Bonchev–Trinajstić information content (AvgIpc) is 3.50. The van der Waals surface area contributed by atoms with Crippen molar-refractivity contribution < 1.29 is 65.8 Å². The number of phosphoric ester groups is 1. The number of aliphatic hydroxyl groups is 1. The lowest BCUT2D eigenvalue weighted by Gasteiger charge is -2.37. The molecule has 3 aromatic rings. The number of hydrogen-bond acceptors (Lipinski definition) is 19. The van der Waals surface area contributed by atoms with Crippen LogP contribution in [-0.4, -0.2) is 82.6 Å². The van der Waals surface area contributed by atoms with Gasteiger partial charge in [-0.1, -0.05) is 12.1 Å². The van der Waals surface area contributed by atoms with E-state index in [-0.39, 0.29) is 12.1 Å². The van der Waals surface area contributed by atoms with Crippen LogP contribution in [0.25, 0.3) is 11.2 Å². The summed E-state index contributed by atoms with van der Waals surface area (Å²) in [4.78, 5) is 72.4. The molecule has 7 unspecified atom stereocenters. The predicted octanol–water partition coefficient (Wildman–Crippen LogP) is -2.97. The molecule has 46 heavy (non-hydrogen) atoms. The van der Waals surface area contributed by atoms with Gasteiger partial charge in [0.1, 0.15) is 24.3 Å². The van der Waals surface area contributed by atoms with Crippen LogP contribution >= 0.6 is 23.5 Å². The van der Waals surface area contributed by atoms with E-state index in [2.05, 4.69) is 33.4 Å². The van der Waals surface area contributed by atoms with Gasteiger partial charge in [0.2, 0.25) is 5.91 Å². The highest BCUT2D eigenvalue weighted by molar-refractivity contribution is 7.64. The summed E-state index contributed by atoms with van der Waals surface area (Å²) >= 11 is 0. The highest BCUT2D eigenvalue weighted by Crippen LogP contribution is 2.60. The Morgan fingerprint density at radius 2 is 1.78 bits per heavy atom. The minimum Gasteiger partial charge on any atom is -0.790 e. The van der Waals surface area contributed by atoms with Crippen molar-refractivity contribution in [2.45, 2.75) is 36.9 Å². The second-order valence-corrected chi connectivity index (χ2v) is 14.2. The summed E-state index contributed by atoms with van der Waals surface area (Å²) in [6, 6.07) is 4.08. The fraction of sp³-hybridized carbons (Fsp3) is 0.455. The van der Waals surface area contributed by atoms with Gasteiger partial charge in [0.15, 0.2) is 23.2 Å². The standard InChI is InChI=1S/C22H32N7O14P3/c1-28(2)19-17-20(25-10-24-19)29(11-26-17)22-18(30)16(27-21(31)14(23)8-12-4-6-13(39-3)7-5-12)15(41-22)9-40-45(35,36)43-46(37,38)42-44(32,33)34/h4-7,10-11,14-16,18,22,30H,8-9,23H2,1-3H3,(H,27,31)(H,35,36)(H,37,38)(H2,32,33,34)/p-4. The Morgan fingerprint density at radius 1 is 1.11 bits per heavy atom. The first-order valence-corrected chi connectivity index (χ1v) is 17.4. The number of fused-ring (bicyclic) bond motifs is 1. The number of amides is 1. The molecule has 1 amide bonds. The van der Waals surface area contributed by atoms with Crippen LogP contribution in [0, 0.1) is 0 Å². The van der Waals surface area contributed by atoms with Gasteiger partial charge in [-0.2, -0.15) is 0 Å². The molecular formula is C22H28N7O14P3-4. The predicted molar refractivity (Wildman–Crippen MR) is 147 cm³/mol. The third kappa shape index (κ3) is 8.93. The maximum Gasteiger partial charge on any atom is 0.278 e. The molecule has 1 saturated heterocycles. The third-order valence-electron chi connectivity index (χ3n) is 6.47. The second-order valence-electron chi connectivity index (χ2n) is 9.97. The van der Waals surface area contributed by atoms with E-state index >= 15 is 0 Å². The van der Waals surface area contributed by atoms with Crippen molar-refractivity contribution in [2.75, 3.05) is 32.7 Å². The van der Waals surface area contributed by atoms with E-state index in [1.165, 1.54) is 24.3 Å². The Balaban J connectivity index is 1.57. The molecular weight excluding hydrogens is 679 g/mol. The van der Waals surface area contributed by atoms with Crippen molar-refractivity contribution >= 4 is 46.4 Å². The Hall–Kier alpha value is -2.87. The second kappa shape index (κ2) is 14.1. The van der Waals surface area contributed by atoms with Crippen LogP contribution in [0.1, 0.15) is 11.8 Å². The Morgan fingerprint density at radius 3 is 2.39 bits per heavy atom. The lowest BCUT2D eigenvalue weighted by Crippen LogP contribution is -2.53. The van der Waals surface area contributed by atoms with E-state index in [0.717, 1.165) is 0 Å². The van der Waals surface area contributed by atoms with Gasteiger partial charge in [-0.25, -0.2) is 19.3 Å². The highest BCUT2D eigenvalue weighted by Gasteiger charge is 2.47. The van der Waals surface area contributed by atoms with Gasteiger partial charge in [-0.05, 0) is 24.1 Å². The number of anilines is 1. The normalized spacial score (nSPS) is 23.4. The van der Waals surface area contributed by atoms with E-state index in [9.17, 15) is 43.2 Å². The van der Waals surface area contributed by atoms with Crippen LogP contribution in [0.5, 0.6) is 5.75 Å². The summed E-state index contributed by atoms with van der Waals surface area (Å²) in [5.41, 5.74) is 7.26. The fourth-order valence-electron chi connectivity index (χ4n) is 4.47. The van der Waals surface area contributed by atoms with Crippen molar-refractivity contribution in [2.24, 2.45) is 5.73 Å². The molecule has 0 radical (unpaired) electrons. The monoisotopic (exact) mass is 707 g/mol. The van der Waals surface area contributed by atoms with E-state index in [4.69, 9.17) is 15.2 Å². The molecule has 1 aliphatic rings.